The van der Waals surface area contributed by atoms with Crippen LogP contribution in [0.2, 0.25) is 0 Å². The van der Waals surface area contributed by atoms with Crippen LogP contribution in [-0.2, 0) is 0 Å². The standard InChI is InChI=1S/C7H12N4S/c1-6-4-8-2-3-11(6)7-5-9-10-12-7/h5-6,8H,2-4H2,1H3. The van der Waals surface area contributed by atoms with Gasteiger partial charge in [-0.2, -0.15) is 0 Å². The molecule has 0 amide bonds. The van der Waals surface area contributed by atoms with Gasteiger partial charge in [-0.15, -0.1) is 5.10 Å². The van der Waals surface area contributed by atoms with E-state index >= 15 is 0 Å². The SMILES string of the molecule is CC1CNCCN1c1cnns1. The molecule has 0 aromatic carbocycles. The smallest absolute Gasteiger partial charge is 0.132 e. The van der Waals surface area contributed by atoms with Crippen molar-refractivity contribution in [2.75, 3.05) is 24.5 Å². The predicted molar refractivity (Wildman–Crippen MR) is 49.6 cm³/mol. The molecule has 2 heterocycles. The highest BCUT2D eigenvalue weighted by molar-refractivity contribution is 7.09. The molecule has 5 heteroatoms. The zero-order valence-corrected chi connectivity index (χ0v) is 7.84. The average molecular weight is 184 g/mol. The third-order valence-electron chi connectivity index (χ3n) is 2.13. The molecule has 2 rings (SSSR count). The second-order valence-corrected chi connectivity index (χ2v) is 3.77. The van der Waals surface area contributed by atoms with Crippen molar-refractivity contribution < 1.29 is 0 Å². The molecule has 12 heavy (non-hydrogen) atoms. The molecule has 1 fully saturated rings. The maximum Gasteiger partial charge on any atom is 0.132 e. The average Bonchev–Trinajstić information content (AvgIpc) is 2.57. The lowest BCUT2D eigenvalue weighted by Gasteiger charge is -2.33. The molecule has 1 aromatic rings. The van der Waals surface area contributed by atoms with Gasteiger partial charge in [0, 0.05) is 37.2 Å². The molecule has 1 saturated heterocycles. The maximum atomic E-state index is 3.86. The van der Waals surface area contributed by atoms with E-state index in [0.717, 1.165) is 19.6 Å². The highest BCUT2D eigenvalue weighted by Crippen LogP contribution is 2.20. The normalized spacial score (nSPS) is 24.4. The number of nitrogens with one attached hydrogen (secondary N) is 1. The Bertz CT molecular complexity index is 236. The third kappa shape index (κ3) is 1.42. The number of piperazine rings is 1. The summed E-state index contributed by atoms with van der Waals surface area (Å²) in [6.45, 7) is 5.39. The monoisotopic (exact) mass is 184 g/mol. The predicted octanol–water partition coefficient (Wildman–Crippen LogP) is 0.336. The first-order valence-corrected chi connectivity index (χ1v) is 4.90. The molecule has 1 aliphatic rings. The molecule has 0 spiro atoms. The number of nitrogens with zero attached hydrogens (tertiary/aromatic N) is 3. The summed E-state index contributed by atoms with van der Waals surface area (Å²) in [6, 6.07) is 0.556. The molecule has 0 saturated carbocycles. The van der Waals surface area contributed by atoms with E-state index in [9.17, 15) is 0 Å². The number of hydrogen-bond acceptors (Lipinski definition) is 5. The van der Waals surface area contributed by atoms with E-state index in [1.807, 2.05) is 6.20 Å². The van der Waals surface area contributed by atoms with Crippen LogP contribution < -0.4 is 10.2 Å². The van der Waals surface area contributed by atoms with Crippen LogP contribution in [0.3, 0.4) is 0 Å². The van der Waals surface area contributed by atoms with Crippen molar-refractivity contribution >= 4 is 16.5 Å². The van der Waals surface area contributed by atoms with E-state index in [1.54, 1.807) is 0 Å². The van der Waals surface area contributed by atoms with Gasteiger partial charge in [-0.05, 0) is 6.92 Å². The molecule has 4 nitrogen and oxygen atoms in total. The van der Waals surface area contributed by atoms with E-state index in [2.05, 4.69) is 26.7 Å². The van der Waals surface area contributed by atoms with E-state index in [0.29, 0.717) is 6.04 Å². The molecule has 1 aromatic heterocycles. The summed E-state index contributed by atoms with van der Waals surface area (Å²) in [5.41, 5.74) is 0. The van der Waals surface area contributed by atoms with Crippen LogP contribution in [0.1, 0.15) is 6.92 Å². The Balaban J connectivity index is 2.11. The summed E-state index contributed by atoms with van der Waals surface area (Å²) < 4.78 is 3.86. The largest absolute Gasteiger partial charge is 0.356 e. The minimum Gasteiger partial charge on any atom is -0.356 e. The van der Waals surface area contributed by atoms with E-state index < -0.39 is 0 Å². The topological polar surface area (TPSA) is 41.0 Å². The van der Waals surface area contributed by atoms with Crippen molar-refractivity contribution in [3.63, 3.8) is 0 Å². The number of hydrogen-bond donors (Lipinski definition) is 1. The van der Waals surface area contributed by atoms with Crippen molar-refractivity contribution in [1.29, 1.82) is 0 Å². The van der Waals surface area contributed by atoms with Crippen LogP contribution in [0.15, 0.2) is 6.20 Å². The summed E-state index contributed by atoms with van der Waals surface area (Å²) in [4.78, 5) is 2.35. The molecular formula is C7H12N4S. The quantitative estimate of drug-likeness (QED) is 0.683. The fourth-order valence-corrected chi connectivity index (χ4v) is 2.11. The fraction of sp³-hybridized carbons (Fsp3) is 0.714. The summed E-state index contributed by atoms with van der Waals surface area (Å²) >= 11 is 1.47. The molecule has 66 valence electrons. The Kier molecular flexibility index (Phi) is 2.23. The summed E-state index contributed by atoms with van der Waals surface area (Å²) in [5, 5.41) is 8.37. The Morgan fingerprint density at radius 3 is 3.33 bits per heavy atom. The van der Waals surface area contributed by atoms with Gasteiger partial charge in [0.1, 0.15) is 5.00 Å². The van der Waals surface area contributed by atoms with E-state index in [4.69, 9.17) is 0 Å². The van der Waals surface area contributed by atoms with Crippen molar-refractivity contribution in [3.05, 3.63) is 6.20 Å². The van der Waals surface area contributed by atoms with Crippen molar-refractivity contribution in [1.82, 2.24) is 14.9 Å². The second kappa shape index (κ2) is 3.37. The Morgan fingerprint density at radius 2 is 2.67 bits per heavy atom. The third-order valence-corrected chi connectivity index (χ3v) is 2.84. The van der Waals surface area contributed by atoms with E-state index in [-0.39, 0.29) is 0 Å². The van der Waals surface area contributed by atoms with Crippen molar-refractivity contribution in [2.45, 2.75) is 13.0 Å². The Labute approximate surface area is 75.7 Å². The van der Waals surface area contributed by atoms with Gasteiger partial charge < -0.3 is 10.2 Å². The minimum absolute atomic E-state index is 0.556. The molecule has 1 atom stereocenters. The van der Waals surface area contributed by atoms with Crippen LogP contribution in [0.4, 0.5) is 5.00 Å². The number of rotatable bonds is 1. The summed E-state index contributed by atoms with van der Waals surface area (Å²) in [6.07, 6.45) is 1.84. The van der Waals surface area contributed by atoms with Crippen molar-refractivity contribution in [2.24, 2.45) is 0 Å². The van der Waals surface area contributed by atoms with Gasteiger partial charge in [-0.3, -0.25) is 0 Å². The van der Waals surface area contributed by atoms with Gasteiger partial charge in [0.2, 0.25) is 0 Å². The Morgan fingerprint density at radius 1 is 1.75 bits per heavy atom. The summed E-state index contributed by atoms with van der Waals surface area (Å²) in [5.74, 6) is 0. The molecule has 0 radical (unpaired) electrons. The lowest BCUT2D eigenvalue weighted by Crippen LogP contribution is -2.49. The van der Waals surface area contributed by atoms with Crippen LogP contribution in [0.25, 0.3) is 0 Å². The first-order valence-electron chi connectivity index (χ1n) is 4.12. The van der Waals surface area contributed by atoms with Crippen LogP contribution in [0.5, 0.6) is 0 Å². The molecule has 1 unspecified atom stereocenters. The van der Waals surface area contributed by atoms with E-state index in [1.165, 1.54) is 16.5 Å². The molecule has 0 bridgehead atoms. The molecule has 1 aliphatic heterocycles. The van der Waals surface area contributed by atoms with Gasteiger partial charge in [-0.25, -0.2) is 0 Å². The zero-order valence-electron chi connectivity index (χ0n) is 7.03. The highest BCUT2D eigenvalue weighted by Gasteiger charge is 2.19. The highest BCUT2D eigenvalue weighted by atomic mass is 32.1. The first-order chi connectivity index (χ1) is 5.88. The van der Waals surface area contributed by atoms with Gasteiger partial charge in [-0.1, -0.05) is 4.49 Å². The van der Waals surface area contributed by atoms with Gasteiger partial charge in [0.25, 0.3) is 0 Å². The fourth-order valence-electron chi connectivity index (χ4n) is 1.46. The van der Waals surface area contributed by atoms with Crippen molar-refractivity contribution in [3.8, 4) is 0 Å². The lowest BCUT2D eigenvalue weighted by atomic mass is 10.2. The molecule has 0 aliphatic carbocycles. The lowest BCUT2D eigenvalue weighted by molar-refractivity contribution is 0.503. The van der Waals surface area contributed by atoms with Gasteiger partial charge in [0.05, 0.1) is 6.20 Å². The van der Waals surface area contributed by atoms with Crippen LogP contribution in [0, 0.1) is 0 Å². The minimum atomic E-state index is 0.556. The second-order valence-electron chi connectivity index (χ2n) is 3.00. The molecular weight excluding hydrogens is 172 g/mol. The maximum absolute atomic E-state index is 3.86. The van der Waals surface area contributed by atoms with Gasteiger partial charge in [0.15, 0.2) is 0 Å². The zero-order chi connectivity index (χ0) is 8.39. The Hall–Kier alpha value is -0.680. The van der Waals surface area contributed by atoms with Gasteiger partial charge >= 0.3 is 0 Å². The molecule has 1 N–H and O–H groups in total. The van der Waals surface area contributed by atoms with Crippen LogP contribution >= 0.6 is 11.5 Å². The summed E-state index contributed by atoms with van der Waals surface area (Å²) in [7, 11) is 0. The van der Waals surface area contributed by atoms with Crippen LogP contribution in [-0.4, -0.2) is 35.3 Å². The number of aromatic nitrogens is 2. The number of anilines is 1. The first kappa shape index (κ1) is 7.94.